The number of rotatable bonds is 2. The largest absolute Gasteiger partial charge is 0.346 e. The van der Waals surface area contributed by atoms with Crippen molar-refractivity contribution in [1.29, 1.82) is 0 Å². The van der Waals surface area contributed by atoms with Gasteiger partial charge in [0.05, 0.1) is 6.21 Å². The van der Waals surface area contributed by atoms with E-state index in [1.54, 1.807) is 0 Å². The van der Waals surface area contributed by atoms with Crippen LogP contribution >= 0.6 is 8.03 Å². The van der Waals surface area contributed by atoms with E-state index in [1.807, 2.05) is 0 Å². The molecule has 0 aliphatic carbocycles. The van der Waals surface area contributed by atoms with Gasteiger partial charge in [0.1, 0.15) is 5.70 Å². The molecule has 0 aromatic rings. The average Bonchev–Trinajstić information content (AvgIpc) is 2.40. The Bertz CT molecular complexity index is 233. The minimum atomic E-state index is -2.25. The van der Waals surface area contributed by atoms with E-state index >= 15 is 0 Å². The van der Waals surface area contributed by atoms with Crippen molar-refractivity contribution in [3.8, 4) is 0 Å². The lowest BCUT2D eigenvalue weighted by molar-refractivity contribution is 0.506. The molecular weight excluding hydrogens is 177 g/mol. The standard InChI is InChI=1S/C3H3N3.C3H7O2P/c1-3-2-4-6-5-3;1-2-3-6(4)5/h2H,1H2;2,6H,1,3H2,(H,4,5). The van der Waals surface area contributed by atoms with Crippen LogP contribution in [0.2, 0.25) is 0 Å². The molecule has 5 nitrogen and oxygen atoms in total. The summed E-state index contributed by atoms with van der Waals surface area (Å²) in [4.78, 5) is 8.03. The Balaban J connectivity index is 0.000000202. The average molecular weight is 187 g/mol. The van der Waals surface area contributed by atoms with Crippen LogP contribution in [0.1, 0.15) is 0 Å². The fraction of sp³-hybridized carbons (Fsp3) is 0.167. The third-order valence-corrected chi connectivity index (χ3v) is 1.39. The molecule has 0 amide bonds. The topological polar surface area (TPSA) is 74.4 Å². The number of hydrogen-bond acceptors (Lipinski definition) is 4. The summed E-state index contributed by atoms with van der Waals surface area (Å²) < 4.78 is 9.71. The molecule has 1 atom stereocenters. The van der Waals surface area contributed by atoms with Gasteiger partial charge in [0.2, 0.25) is 0 Å². The van der Waals surface area contributed by atoms with Gasteiger partial charge >= 0.3 is 0 Å². The van der Waals surface area contributed by atoms with Gasteiger partial charge in [-0.25, -0.2) is 0 Å². The highest BCUT2D eigenvalue weighted by Gasteiger charge is 1.85. The third kappa shape index (κ3) is 7.05. The molecule has 0 saturated heterocycles. The van der Waals surface area contributed by atoms with Crippen molar-refractivity contribution in [2.75, 3.05) is 6.16 Å². The lowest BCUT2D eigenvalue weighted by atomic mass is 10.6. The van der Waals surface area contributed by atoms with E-state index < -0.39 is 8.03 Å². The number of nitrogens with zero attached hydrogens (tertiary/aromatic N) is 3. The van der Waals surface area contributed by atoms with Crippen molar-refractivity contribution < 1.29 is 9.46 Å². The van der Waals surface area contributed by atoms with Gasteiger partial charge in [0.25, 0.3) is 0 Å². The van der Waals surface area contributed by atoms with Crippen LogP contribution in [0.3, 0.4) is 0 Å². The van der Waals surface area contributed by atoms with Crippen molar-refractivity contribution in [1.82, 2.24) is 0 Å². The van der Waals surface area contributed by atoms with Crippen LogP contribution in [0.5, 0.6) is 0 Å². The van der Waals surface area contributed by atoms with Crippen molar-refractivity contribution in [3.05, 3.63) is 24.9 Å². The van der Waals surface area contributed by atoms with Gasteiger partial charge in [-0.15, -0.1) is 16.8 Å². The maximum Gasteiger partial charge on any atom is 0.192 e. The van der Waals surface area contributed by atoms with Gasteiger partial charge in [0.15, 0.2) is 8.03 Å². The predicted molar refractivity (Wildman–Crippen MR) is 48.8 cm³/mol. The van der Waals surface area contributed by atoms with Gasteiger partial charge in [-0.3, -0.25) is 4.57 Å². The van der Waals surface area contributed by atoms with Crippen LogP contribution in [0.25, 0.3) is 0 Å². The lowest BCUT2D eigenvalue weighted by Crippen LogP contribution is -1.62. The van der Waals surface area contributed by atoms with Gasteiger partial charge < -0.3 is 4.89 Å². The first-order valence-corrected chi connectivity index (χ1v) is 4.68. The van der Waals surface area contributed by atoms with Crippen LogP contribution in [0, 0.1) is 0 Å². The molecule has 0 bridgehead atoms. The Labute approximate surface area is 71.1 Å². The molecule has 1 aliphatic rings. The van der Waals surface area contributed by atoms with Crippen LogP contribution in [-0.2, 0) is 4.57 Å². The number of allylic oxidation sites excluding steroid dienone is 2. The van der Waals surface area contributed by atoms with Crippen molar-refractivity contribution in [3.63, 3.8) is 0 Å². The first-order chi connectivity index (χ1) is 5.66. The molecule has 0 spiro atoms. The highest BCUT2D eigenvalue weighted by Crippen LogP contribution is 2.10. The summed E-state index contributed by atoms with van der Waals surface area (Å²) in [6.07, 6.45) is 3.17. The molecule has 1 aliphatic heterocycles. The van der Waals surface area contributed by atoms with E-state index in [-0.39, 0.29) is 6.16 Å². The Morgan fingerprint density at radius 1 is 1.75 bits per heavy atom. The molecule has 1 unspecified atom stereocenters. The van der Waals surface area contributed by atoms with Gasteiger partial charge in [-0.1, -0.05) is 12.7 Å². The van der Waals surface area contributed by atoms with E-state index in [9.17, 15) is 4.57 Å². The van der Waals surface area contributed by atoms with E-state index in [4.69, 9.17) is 4.89 Å². The second-order valence-corrected chi connectivity index (χ2v) is 3.01. The Kier molecular flexibility index (Phi) is 6.05. The van der Waals surface area contributed by atoms with Crippen LogP contribution in [-0.4, -0.2) is 17.3 Å². The fourth-order valence-corrected chi connectivity index (χ4v) is 0.572. The summed E-state index contributed by atoms with van der Waals surface area (Å²) in [6.45, 7) is 6.71. The Hall–Kier alpha value is -1.06. The van der Waals surface area contributed by atoms with Gasteiger partial charge in [-0.2, -0.15) is 0 Å². The summed E-state index contributed by atoms with van der Waals surface area (Å²) >= 11 is 0. The molecule has 0 aromatic heterocycles. The monoisotopic (exact) mass is 187 g/mol. The van der Waals surface area contributed by atoms with Crippen molar-refractivity contribution in [2.24, 2.45) is 15.4 Å². The van der Waals surface area contributed by atoms with Crippen molar-refractivity contribution in [2.45, 2.75) is 0 Å². The molecule has 0 saturated carbocycles. The third-order valence-electron chi connectivity index (χ3n) is 0.751. The molecule has 0 aromatic carbocycles. The highest BCUT2D eigenvalue weighted by atomic mass is 31.1. The maximum atomic E-state index is 9.71. The van der Waals surface area contributed by atoms with Crippen LogP contribution in [0.15, 0.2) is 40.4 Å². The molecular formula is C6H10N3O2P. The van der Waals surface area contributed by atoms with Crippen LogP contribution in [0.4, 0.5) is 0 Å². The zero-order valence-electron chi connectivity index (χ0n) is 6.47. The predicted octanol–water partition coefficient (Wildman–Crippen LogP) is 1.59. The molecule has 0 radical (unpaired) electrons. The zero-order chi connectivity index (χ0) is 9.40. The highest BCUT2D eigenvalue weighted by molar-refractivity contribution is 7.38. The normalized spacial score (nSPS) is 15.2. The van der Waals surface area contributed by atoms with E-state index in [2.05, 4.69) is 28.6 Å². The summed E-state index contributed by atoms with van der Waals surface area (Å²) in [6, 6.07) is 0. The smallest absolute Gasteiger partial charge is 0.192 e. The second kappa shape index (κ2) is 6.64. The minimum Gasteiger partial charge on any atom is -0.346 e. The summed E-state index contributed by atoms with van der Waals surface area (Å²) in [5.41, 5.74) is 0.620. The van der Waals surface area contributed by atoms with E-state index in [0.717, 1.165) is 0 Å². The maximum absolute atomic E-state index is 9.71. The molecule has 1 heterocycles. The quantitative estimate of drug-likeness (QED) is 0.526. The first-order valence-electron chi connectivity index (χ1n) is 3.12. The Morgan fingerprint density at radius 2 is 2.42 bits per heavy atom. The Morgan fingerprint density at radius 3 is 2.50 bits per heavy atom. The molecule has 1 N–H and O–H groups in total. The molecule has 66 valence electrons. The van der Waals surface area contributed by atoms with E-state index in [0.29, 0.717) is 5.70 Å². The van der Waals surface area contributed by atoms with Gasteiger partial charge in [-0.05, 0) is 5.22 Å². The molecule has 12 heavy (non-hydrogen) atoms. The molecule has 1 rings (SSSR count). The summed E-state index contributed by atoms with van der Waals surface area (Å²) in [7, 11) is -2.25. The van der Waals surface area contributed by atoms with Gasteiger partial charge in [0, 0.05) is 6.16 Å². The fourth-order valence-electron chi connectivity index (χ4n) is 0.325. The summed E-state index contributed by atoms with van der Waals surface area (Å²) in [5.74, 6) is 0. The first kappa shape index (κ1) is 10.9. The molecule has 6 heteroatoms. The zero-order valence-corrected chi connectivity index (χ0v) is 7.47. The number of hydrogen-bond donors (Lipinski definition) is 1. The summed E-state index contributed by atoms with van der Waals surface area (Å²) in [5, 5.41) is 10.1. The lowest BCUT2D eigenvalue weighted by Gasteiger charge is -1.77. The molecule has 0 fully saturated rings. The van der Waals surface area contributed by atoms with Crippen LogP contribution < -0.4 is 0 Å². The van der Waals surface area contributed by atoms with Crippen molar-refractivity contribution >= 4 is 14.2 Å². The van der Waals surface area contributed by atoms with E-state index in [1.165, 1.54) is 12.3 Å². The minimum absolute atomic E-state index is 0.241. The second-order valence-electron chi connectivity index (χ2n) is 1.81. The SMILES string of the molecule is C=C1C=NN=N1.C=CC[PH](=O)O.